The van der Waals surface area contributed by atoms with E-state index < -0.39 is 32.8 Å². The second-order valence-corrected chi connectivity index (χ2v) is 15.9. The fourth-order valence-electron chi connectivity index (χ4n) is 6.13. The highest BCUT2D eigenvalue weighted by atomic mass is 79.9. The van der Waals surface area contributed by atoms with E-state index in [2.05, 4.69) is 26.0 Å². The predicted molar refractivity (Wildman–Crippen MR) is 217 cm³/mol. The zero-order valence-electron chi connectivity index (χ0n) is 30.4. The summed E-state index contributed by atoms with van der Waals surface area (Å²) in [6.07, 6.45) is -0.366. The van der Waals surface area contributed by atoms with Crippen LogP contribution < -0.4 is 19.5 Å². The molecule has 0 saturated carbocycles. The van der Waals surface area contributed by atoms with Gasteiger partial charge in [0.05, 0.1) is 28.9 Å². The molecule has 6 rings (SSSR count). The van der Waals surface area contributed by atoms with E-state index in [0.29, 0.717) is 59.8 Å². The average Bonchev–Trinajstić information content (AvgIpc) is 3.46. The van der Waals surface area contributed by atoms with Crippen molar-refractivity contribution in [2.24, 2.45) is 0 Å². The molecule has 13 nitrogen and oxygen atoms in total. The SMILES string of the molecule is COc1ccc2c(c1)c(CC(=O)N[C@@H](Cc1ccc(OCc3ccc([N+](=O)[O-])cc3)cc1)C(=O)NS(=O)(=O)c1ccc(Br)cc1)c(C)n2C(=O)c1ccc(Cl)cc1. The second kappa shape index (κ2) is 17.4. The van der Waals surface area contributed by atoms with E-state index in [0.717, 1.165) is 0 Å². The van der Waals surface area contributed by atoms with Crippen LogP contribution in [-0.4, -0.2) is 48.8 Å². The normalized spacial score (nSPS) is 11.8. The molecule has 5 aromatic carbocycles. The Hall–Kier alpha value is -6.03. The molecule has 0 spiro atoms. The third-order valence-electron chi connectivity index (χ3n) is 9.10. The first-order chi connectivity index (χ1) is 27.2. The van der Waals surface area contributed by atoms with Crippen LogP contribution in [0.4, 0.5) is 5.69 Å². The number of aromatic nitrogens is 1. The summed E-state index contributed by atoms with van der Waals surface area (Å²) in [5.41, 5.74) is 3.13. The smallest absolute Gasteiger partial charge is 0.269 e. The van der Waals surface area contributed by atoms with Gasteiger partial charge in [-0.15, -0.1) is 0 Å². The summed E-state index contributed by atoms with van der Waals surface area (Å²) < 4.78 is 42.0. The number of non-ortho nitro benzene ring substituents is 1. The lowest BCUT2D eigenvalue weighted by Gasteiger charge is -2.19. The maximum atomic E-state index is 13.9. The summed E-state index contributed by atoms with van der Waals surface area (Å²) in [5.74, 6) is -0.959. The molecule has 1 heterocycles. The number of sulfonamides is 1. The van der Waals surface area contributed by atoms with Gasteiger partial charge in [0.25, 0.3) is 27.5 Å². The van der Waals surface area contributed by atoms with Crippen molar-refractivity contribution in [1.82, 2.24) is 14.6 Å². The third kappa shape index (κ3) is 9.68. The maximum Gasteiger partial charge on any atom is 0.269 e. The number of nitro benzene ring substituents is 1. The summed E-state index contributed by atoms with van der Waals surface area (Å²) in [6, 6.07) is 28.5. The van der Waals surface area contributed by atoms with Crippen molar-refractivity contribution in [3.8, 4) is 11.5 Å². The van der Waals surface area contributed by atoms with Crippen LogP contribution in [0.1, 0.15) is 32.7 Å². The molecule has 2 amide bonds. The van der Waals surface area contributed by atoms with Gasteiger partial charge in [0, 0.05) is 44.7 Å². The molecular weight excluding hydrogens is 840 g/mol. The molecule has 0 fully saturated rings. The molecule has 0 radical (unpaired) electrons. The Kier molecular flexibility index (Phi) is 12.4. The number of amides is 2. The third-order valence-corrected chi connectivity index (χ3v) is 11.2. The van der Waals surface area contributed by atoms with Gasteiger partial charge in [-0.25, -0.2) is 13.1 Å². The number of hydrogen-bond donors (Lipinski definition) is 2. The van der Waals surface area contributed by atoms with Gasteiger partial charge in [-0.05, 0) is 115 Å². The van der Waals surface area contributed by atoms with Gasteiger partial charge in [0.15, 0.2) is 0 Å². The number of methoxy groups -OCH3 is 1. The Morgan fingerprint density at radius 3 is 2.14 bits per heavy atom. The number of benzene rings is 5. The van der Waals surface area contributed by atoms with E-state index >= 15 is 0 Å². The predicted octanol–water partition coefficient (Wildman–Crippen LogP) is 7.33. The molecule has 0 aliphatic heterocycles. The zero-order chi connectivity index (χ0) is 40.9. The fraction of sp³-hybridized carbons (Fsp3) is 0.146. The minimum Gasteiger partial charge on any atom is -0.497 e. The molecular formula is C41H34BrClN4O9S. The van der Waals surface area contributed by atoms with E-state index in [1.807, 2.05) is 0 Å². The lowest BCUT2D eigenvalue weighted by molar-refractivity contribution is -0.384. The monoisotopic (exact) mass is 872 g/mol. The van der Waals surface area contributed by atoms with Gasteiger partial charge >= 0.3 is 0 Å². The number of rotatable bonds is 14. The van der Waals surface area contributed by atoms with Gasteiger partial charge < -0.3 is 14.8 Å². The molecule has 57 heavy (non-hydrogen) atoms. The minimum absolute atomic E-state index is 0.0372. The number of ether oxygens (including phenoxy) is 2. The Morgan fingerprint density at radius 2 is 1.51 bits per heavy atom. The molecule has 6 aromatic rings. The lowest BCUT2D eigenvalue weighted by atomic mass is 10.0. The van der Waals surface area contributed by atoms with Crippen molar-refractivity contribution in [3.63, 3.8) is 0 Å². The van der Waals surface area contributed by atoms with Gasteiger partial charge in [0.1, 0.15) is 24.1 Å². The Labute approximate surface area is 340 Å². The lowest BCUT2D eigenvalue weighted by Crippen LogP contribution is -2.49. The standard InChI is InChI=1S/C41H34BrClN4O9S/c1-25-35(36-22-33(55-2)17-20-38(36)46(25)41(50)28-7-11-30(43)12-8-28)23-39(48)44-37(40(49)45-57(53,54)34-18-9-29(42)10-19-34)21-26-5-15-32(16-6-26)56-24-27-3-13-31(14-4-27)47(51)52/h3-20,22,37H,21,23-24H2,1-2H3,(H,44,48)(H,45,49)/t37-/m0/s1. The number of hydrogen-bond acceptors (Lipinski definition) is 9. The number of halogens is 2. The molecule has 0 saturated heterocycles. The Morgan fingerprint density at radius 1 is 0.877 bits per heavy atom. The molecule has 2 N–H and O–H groups in total. The van der Waals surface area contributed by atoms with Crippen LogP contribution in [0.15, 0.2) is 125 Å². The van der Waals surface area contributed by atoms with E-state index in [1.54, 1.807) is 85.8 Å². The van der Waals surface area contributed by atoms with E-state index in [4.69, 9.17) is 21.1 Å². The summed E-state index contributed by atoms with van der Waals surface area (Å²) in [5, 5.41) is 14.7. The highest BCUT2D eigenvalue weighted by molar-refractivity contribution is 9.10. The van der Waals surface area contributed by atoms with E-state index in [1.165, 1.54) is 48.1 Å². The molecule has 0 aliphatic carbocycles. The highest BCUT2D eigenvalue weighted by Crippen LogP contribution is 2.31. The molecule has 0 bridgehead atoms. The van der Waals surface area contributed by atoms with Gasteiger partial charge in [-0.1, -0.05) is 39.7 Å². The second-order valence-electron chi connectivity index (χ2n) is 12.9. The van der Waals surface area contributed by atoms with Gasteiger partial charge in [0.2, 0.25) is 5.91 Å². The molecule has 0 unspecified atom stereocenters. The van der Waals surface area contributed by atoms with Crippen molar-refractivity contribution in [2.45, 2.75) is 37.3 Å². The first-order valence-corrected chi connectivity index (χ1v) is 19.9. The maximum absolute atomic E-state index is 13.9. The van der Waals surface area contributed by atoms with Crippen molar-refractivity contribution >= 4 is 71.9 Å². The number of fused-ring (bicyclic) bond motifs is 1. The summed E-state index contributed by atoms with van der Waals surface area (Å²) in [7, 11) is -2.83. The van der Waals surface area contributed by atoms with Crippen LogP contribution >= 0.6 is 27.5 Å². The first kappa shape index (κ1) is 40.6. The zero-order valence-corrected chi connectivity index (χ0v) is 33.6. The fourth-order valence-corrected chi connectivity index (χ4v) is 7.53. The number of nitro groups is 1. The van der Waals surface area contributed by atoms with Crippen molar-refractivity contribution in [1.29, 1.82) is 0 Å². The van der Waals surface area contributed by atoms with Crippen LogP contribution in [0.25, 0.3) is 10.9 Å². The summed E-state index contributed by atoms with van der Waals surface area (Å²) in [6.45, 7) is 1.85. The van der Waals surface area contributed by atoms with Crippen molar-refractivity contribution in [2.75, 3.05) is 7.11 Å². The van der Waals surface area contributed by atoms with Crippen LogP contribution in [0.3, 0.4) is 0 Å². The van der Waals surface area contributed by atoms with Crippen molar-refractivity contribution < 1.29 is 37.2 Å². The molecule has 292 valence electrons. The van der Waals surface area contributed by atoms with E-state index in [9.17, 15) is 32.9 Å². The van der Waals surface area contributed by atoms with Gasteiger partial charge in [-0.2, -0.15) is 0 Å². The van der Waals surface area contributed by atoms with Crippen LogP contribution in [-0.2, 0) is 39.1 Å². The molecule has 0 aliphatic rings. The highest BCUT2D eigenvalue weighted by Gasteiger charge is 2.28. The Balaban J connectivity index is 1.25. The first-order valence-electron chi connectivity index (χ1n) is 17.3. The molecule has 1 atom stereocenters. The van der Waals surface area contributed by atoms with Gasteiger partial charge in [-0.3, -0.25) is 29.1 Å². The van der Waals surface area contributed by atoms with Crippen LogP contribution in [0.5, 0.6) is 11.5 Å². The molecule has 16 heteroatoms. The van der Waals surface area contributed by atoms with Crippen LogP contribution in [0.2, 0.25) is 5.02 Å². The van der Waals surface area contributed by atoms with E-state index in [-0.39, 0.29) is 35.9 Å². The molecule has 1 aromatic heterocycles. The summed E-state index contributed by atoms with van der Waals surface area (Å²) in [4.78, 5) is 51.8. The quantitative estimate of drug-likeness (QED) is 0.0839. The number of carbonyl (C=O) groups excluding carboxylic acids is 3. The van der Waals surface area contributed by atoms with Crippen molar-refractivity contribution in [3.05, 3.63) is 163 Å². The Bertz CT molecular complexity index is 2580. The number of nitrogens with one attached hydrogen (secondary N) is 2. The van der Waals surface area contributed by atoms with Crippen LogP contribution in [0, 0.1) is 17.0 Å². The average molecular weight is 874 g/mol. The topological polar surface area (TPSA) is 176 Å². The summed E-state index contributed by atoms with van der Waals surface area (Å²) >= 11 is 9.33. The number of nitrogens with zero attached hydrogens (tertiary/aromatic N) is 2. The largest absolute Gasteiger partial charge is 0.497 e. The number of carbonyl (C=O) groups is 3. The minimum atomic E-state index is -4.33.